The summed E-state index contributed by atoms with van der Waals surface area (Å²) in [6.45, 7) is 0. The van der Waals surface area contributed by atoms with Crippen LogP contribution in [-0.4, -0.2) is 4.98 Å². The smallest absolute Gasteiger partial charge is 0.350 e. The molecule has 0 unspecified atom stereocenters. The van der Waals surface area contributed by atoms with Crippen LogP contribution in [0.2, 0.25) is 0 Å². The third-order valence-corrected chi connectivity index (χ3v) is 2.72. The number of H-pyrrole nitrogens is 1. The monoisotopic (exact) mass is 306 g/mol. The minimum atomic E-state index is -5.06. The lowest BCUT2D eigenvalue weighted by Crippen LogP contribution is -2.19. The number of hydrogen-bond donors (Lipinski definition) is 1. The first-order chi connectivity index (χ1) is 9.55. The number of aromatic amines is 1. The standard InChI is InChI=1S/C12H4F6N2O/c13-11(14,15)5-1-2-6-8(3-5)20-10(12(16,17)18)7(4-19)9(6)21/h1-3H,(H,20,21). The number of nitrogens with zero attached hydrogens (tertiary/aromatic N) is 1. The maximum absolute atomic E-state index is 12.7. The SMILES string of the molecule is N#Cc1c(C(F)(F)F)[nH]c2cc(C(F)(F)F)ccc2c1=O. The molecule has 0 saturated heterocycles. The number of pyridine rings is 1. The number of aromatic nitrogens is 1. The maximum atomic E-state index is 12.7. The molecule has 21 heavy (non-hydrogen) atoms. The molecule has 0 bridgehead atoms. The molecule has 0 spiro atoms. The van der Waals surface area contributed by atoms with Gasteiger partial charge in [0.1, 0.15) is 17.3 Å². The van der Waals surface area contributed by atoms with Crippen molar-refractivity contribution in [1.29, 1.82) is 5.26 Å². The molecular weight excluding hydrogens is 302 g/mol. The Bertz CT molecular complexity index is 810. The van der Waals surface area contributed by atoms with E-state index in [-0.39, 0.29) is 0 Å². The van der Waals surface area contributed by atoms with Gasteiger partial charge in [-0.25, -0.2) is 0 Å². The second kappa shape index (κ2) is 4.51. The van der Waals surface area contributed by atoms with E-state index in [4.69, 9.17) is 5.26 Å². The lowest BCUT2D eigenvalue weighted by molar-refractivity contribution is -0.141. The second-order valence-corrected chi connectivity index (χ2v) is 4.07. The molecule has 0 aliphatic carbocycles. The second-order valence-electron chi connectivity index (χ2n) is 4.07. The number of nitriles is 1. The van der Waals surface area contributed by atoms with Crippen LogP contribution in [0.4, 0.5) is 26.3 Å². The summed E-state index contributed by atoms with van der Waals surface area (Å²) in [5.41, 5.74) is -5.96. The van der Waals surface area contributed by atoms with Gasteiger partial charge in [0, 0.05) is 5.39 Å². The minimum Gasteiger partial charge on any atom is -0.350 e. The lowest BCUT2D eigenvalue weighted by Gasteiger charge is -2.12. The van der Waals surface area contributed by atoms with Gasteiger partial charge in [0.15, 0.2) is 0 Å². The van der Waals surface area contributed by atoms with E-state index in [1.54, 1.807) is 4.98 Å². The molecular formula is C12H4F6N2O. The van der Waals surface area contributed by atoms with E-state index in [0.29, 0.717) is 12.1 Å². The number of fused-ring (bicyclic) bond motifs is 1. The Morgan fingerprint density at radius 3 is 2.14 bits per heavy atom. The zero-order chi connectivity index (χ0) is 16.0. The van der Waals surface area contributed by atoms with Crippen LogP contribution in [0.15, 0.2) is 23.0 Å². The summed E-state index contributed by atoms with van der Waals surface area (Å²) in [6.07, 6.45) is -9.83. The van der Waals surface area contributed by atoms with Gasteiger partial charge in [0.25, 0.3) is 0 Å². The fourth-order valence-electron chi connectivity index (χ4n) is 1.79. The van der Waals surface area contributed by atoms with Gasteiger partial charge < -0.3 is 4.98 Å². The molecule has 9 heteroatoms. The first-order valence-corrected chi connectivity index (χ1v) is 5.30. The Labute approximate surface area is 112 Å². The van der Waals surface area contributed by atoms with Crippen molar-refractivity contribution in [2.24, 2.45) is 0 Å². The van der Waals surface area contributed by atoms with Gasteiger partial charge in [0.05, 0.1) is 11.1 Å². The summed E-state index contributed by atoms with van der Waals surface area (Å²) >= 11 is 0. The molecule has 0 saturated carbocycles. The maximum Gasteiger partial charge on any atom is 0.432 e. The normalized spacial score (nSPS) is 12.4. The van der Waals surface area contributed by atoms with Crippen LogP contribution in [0, 0.1) is 11.3 Å². The van der Waals surface area contributed by atoms with Crippen molar-refractivity contribution in [1.82, 2.24) is 4.98 Å². The largest absolute Gasteiger partial charge is 0.432 e. The average molecular weight is 306 g/mol. The topological polar surface area (TPSA) is 56.6 Å². The molecule has 1 aromatic heterocycles. The van der Waals surface area contributed by atoms with Gasteiger partial charge >= 0.3 is 12.4 Å². The summed E-state index contributed by atoms with van der Waals surface area (Å²) in [4.78, 5) is 13.5. The Balaban J connectivity index is 2.89. The number of rotatable bonds is 0. The van der Waals surface area contributed by atoms with E-state index >= 15 is 0 Å². The molecule has 1 heterocycles. The van der Waals surface area contributed by atoms with Crippen molar-refractivity contribution in [3.8, 4) is 6.07 Å². The van der Waals surface area contributed by atoms with Crippen molar-refractivity contribution in [2.75, 3.05) is 0 Å². The Morgan fingerprint density at radius 2 is 1.67 bits per heavy atom. The molecule has 0 aliphatic heterocycles. The van der Waals surface area contributed by atoms with E-state index in [9.17, 15) is 31.1 Å². The highest BCUT2D eigenvalue weighted by atomic mass is 19.4. The van der Waals surface area contributed by atoms with Crippen LogP contribution >= 0.6 is 0 Å². The van der Waals surface area contributed by atoms with Crippen LogP contribution in [-0.2, 0) is 12.4 Å². The number of halogens is 6. The predicted molar refractivity (Wildman–Crippen MR) is 59.3 cm³/mol. The van der Waals surface area contributed by atoms with E-state index in [1.807, 2.05) is 0 Å². The van der Waals surface area contributed by atoms with Crippen molar-refractivity contribution in [3.05, 3.63) is 45.2 Å². The fourth-order valence-corrected chi connectivity index (χ4v) is 1.79. The fraction of sp³-hybridized carbons (Fsp3) is 0.167. The third kappa shape index (κ3) is 2.56. The van der Waals surface area contributed by atoms with Gasteiger partial charge in [-0.05, 0) is 18.2 Å². The molecule has 2 rings (SSSR count). The molecule has 0 atom stereocenters. The van der Waals surface area contributed by atoms with Gasteiger partial charge in [-0.2, -0.15) is 31.6 Å². The van der Waals surface area contributed by atoms with Crippen LogP contribution in [0.3, 0.4) is 0 Å². The molecule has 1 aromatic carbocycles. The van der Waals surface area contributed by atoms with Crippen molar-refractivity contribution in [2.45, 2.75) is 12.4 Å². The average Bonchev–Trinajstić information content (AvgIpc) is 2.35. The highest BCUT2D eigenvalue weighted by molar-refractivity contribution is 5.81. The molecule has 110 valence electrons. The van der Waals surface area contributed by atoms with Crippen molar-refractivity contribution >= 4 is 10.9 Å². The summed E-state index contributed by atoms with van der Waals surface area (Å²) in [6, 6.07) is 2.81. The molecule has 0 fully saturated rings. The van der Waals surface area contributed by atoms with E-state index in [1.165, 1.54) is 0 Å². The van der Waals surface area contributed by atoms with Gasteiger partial charge in [0.2, 0.25) is 5.43 Å². The molecule has 0 amide bonds. The zero-order valence-electron chi connectivity index (χ0n) is 9.86. The van der Waals surface area contributed by atoms with E-state index < -0.39 is 45.5 Å². The van der Waals surface area contributed by atoms with Crippen molar-refractivity contribution < 1.29 is 26.3 Å². The first-order valence-electron chi connectivity index (χ1n) is 5.30. The zero-order valence-corrected chi connectivity index (χ0v) is 9.86. The van der Waals surface area contributed by atoms with Crippen molar-refractivity contribution in [3.63, 3.8) is 0 Å². The van der Waals surface area contributed by atoms with E-state index in [2.05, 4.69) is 0 Å². The van der Waals surface area contributed by atoms with Gasteiger partial charge in [-0.3, -0.25) is 4.79 Å². The molecule has 0 aliphatic rings. The Morgan fingerprint density at radius 1 is 1.05 bits per heavy atom. The van der Waals surface area contributed by atoms with Crippen LogP contribution in [0.5, 0.6) is 0 Å². The first kappa shape index (κ1) is 14.9. The third-order valence-electron chi connectivity index (χ3n) is 2.72. The molecule has 2 aromatic rings. The van der Waals surface area contributed by atoms with Crippen LogP contribution in [0.1, 0.15) is 16.8 Å². The summed E-state index contributed by atoms with van der Waals surface area (Å²) < 4.78 is 75.8. The van der Waals surface area contributed by atoms with Gasteiger partial charge in [-0.1, -0.05) is 0 Å². The molecule has 3 nitrogen and oxygen atoms in total. The highest BCUT2D eigenvalue weighted by Gasteiger charge is 2.37. The predicted octanol–water partition coefficient (Wildman–Crippen LogP) is 3.44. The lowest BCUT2D eigenvalue weighted by atomic mass is 10.1. The number of hydrogen-bond acceptors (Lipinski definition) is 2. The number of alkyl halides is 6. The highest BCUT2D eigenvalue weighted by Crippen LogP contribution is 2.33. The number of nitrogens with one attached hydrogen (secondary N) is 1. The van der Waals surface area contributed by atoms with Crippen LogP contribution < -0.4 is 5.43 Å². The van der Waals surface area contributed by atoms with Gasteiger partial charge in [-0.15, -0.1) is 0 Å². The summed E-state index contributed by atoms with van der Waals surface area (Å²) in [5, 5.41) is 8.23. The Kier molecular flexibility index (Phi) is 3.20. The number of benzene rings is 1. The van der Waals surface area contributed by atoms with Crippen LogP contribution in [0.25, 0.3) is 10.9 Å². The Hall–Kier alpha value is -2.50. The molecule has 1 N–H and O–H groups in total. The quantitative estimate of drug-likeness (QED) is 0.758. The van der Waals surface area contributed by atoms with E-state index in [0.717, 1.165) is 12.1 Å². The minimum absolute atomic E-state index is 0.396. The molecule has 0 radical (unpaired) electrons. The summed E-state index contributed by atoms with van der Waals surface area (Å²) in [5.74, 6) is 0. The summed E-state index contributed by atoms with van der Waals surface area (Å²) in [7, 11) is 0.